The molecule has 1 heterocycles. The number of nitrogens with one attached hydrogen (secondary N) is 1. The minimum absolute atomic E-state index is 0.0396. The standard InChI is InChI=1S/C14H11N3O2/c1-16-12-5-3-2-4-10(12)14(15)11-7-6-9(17(18)19)8-13(11)16/h2-8,15H,1H3. The summed E-state index contributed by atoms with van der Waals surface area (Å²) >= 11 is 0. The van der Waals surface area contributed by atoms with Crippen LogP contribution in [0.4, 0.5) is 5.69 Å². The van der Waals surface area contributed by atoms with Gasteiger partial charge in [-0.2, -0.15) is 0 Å². The average molecular weight is 253 g/mol. The molecule has 2 aromatic carbocycles. The normalized spacial score (nSPS) is 11.0. The molecule has 0 aliphatic carbocycles. The van der Waals surface area contributed by atoms with Crippen LogP contribution in [0.5, 0.6) is 0 Å². The summed E-state index contributed by atoms with van der Waals surface area (Å²) in [5.74, 6) is 0. The zero-order chi connectivity index (χ0) is 13.6. The van der Waals surface area contributed by atoms with Crippen LogP contribution in [-0.4, -0.2) is 9.49 Å². The van der Waals surface area contributed by atoms with Crippen LogP contribution in [-0.2, 0) is 7.05 Å². The molecule has 0 spiro atoms. The van der Waals surface area contributed by atoms with Crippen molar-refractivity contribution in [3.8, 4) is 0 Å². The lowest BCUT2D eigenvalue weighted by atomic mass is 10.1. The first-order valence-electron chi connectivity index (χ1n) is 5.80. The van der Waals surface area contributed by atoms with E-state index in [-0.39, 0.29) is 5.69 Å². The molecule has 0 radical (unpaired) electrons. The van der Waals surface area contributed by atoms with Crippen molar-refractivity contribution in [2.24, 2.45) is 7.05 Å². The Labute approximate surface area is 108 Å². The Morgan fingerprint density at radius 2 is 1.79 bits per heavy atom. The number of nitro groups is 1. The van der Waals surface area contributed by atoms with E-state index in [4.69, 9.17) is 5.41 Å². The highest BCUT2D eigenvalue weighted by Gasteiger charge is 2.11. The van der Waals surface area contributed by atoms with Crippen molar-refractivity contribution >= 4 is 27.5 Å². The monoisotopic (exact) mass is 253 g/mol. The Kier molecular flexibility index (Phi) is 2.35. The van der Waals surface area contributed by atoms with Crippen LogP contribution in [0, 0.1) is 15.5 Å². The summed E-state index contributed by atoms with van der Waals surface area (Å²) in [5.41, 5.74) is 1.62. The van der Waals surface area contributed by atoms with E-state index >= 15 is 0 Å². The molecule has 0 saturated carbocycles. The molecule has 0 saturated heterocycles. The Balaban J connectivity index is 2.56. The molecule has 0 aliphatic rings. The van der Waals surface area contributed by atoms with Gasteiger partial charge in [-0.1, -0.05) is 18.2 Å². The molecule has 0 fully saturated rings. The predicted molar refractivity (Wildman–Crippen MR) is 72.9 cm³/mol. The summed E-state index contributed by atoms with van der Waals surface area (Å²) in [5, 5.41) is 21.0. The zero-order valence-corrected chi connectivity index (χ0v) is 10.3. The smallest absolute Gasteiger partial charge is 0.271 e. The van der Waals surface area contributed by atoms with E-state index in [1.807, 2.05) is 35.9 Å². The van der Waals surface area contributed by atoms with E-state index in [2.05, 4.69) is 0 Å². The van der Waals surface area contributed by atoms with E-state index in [0.717, 1.165) is 10.9 Å². The van der Waals surface area contributed by atoms with Crippen LogP contribution in [0.15, 0.2) is 42.5 Å². The molecule has 94 valence electrons. The number of hydrogen-bond donors (Lipinski definition) is 1. The van der Waals surface area contributed by atoms with Gasteiger partial charge in [-0.25, -0.2) is 0 Å². The number of nitrogens with zero attached hydrogens (tertiary/aromatic N) is 2. The minimum Gasteiger partial charge on any atom is -0.343 e. The number of benzene rings is 2. The Bertz CT molecular complexity index is 881. The van der Waals surface area contributed by atoms with Gasteiger partial charge in [-0.05, 0) is 12.1 Å². The summed E-state index contributed by atoms with van der Waals surface area (Å²) in [4.78, 5) is 10.4. The number of aromatic nitrogens is 1. The molecular weight excluding hydrogens is 242 g/mol. The van der Waals surface area contributed by atoms with Crippen LogP contribution in [0.25, 0.3) is 21.8 Å². The first-order valence-corrected chi connectivity index (χ1v) is 5.80. The summed E-state index contributed by atoms with van der Waals surface area (Å²) in [6, 6.07) is 12.2. The van der Waals surface area contributed by atoms with Crippen molar-refractivity contribution in [1.82, 2.24) is 4.57 Å². The summed E-state index contributed by atoms with van der Waals surface area (Å²) < 4.78 is 1.88. The maximum absolute atomic E-state index is 10.9. The number of para-hydroxylation sites is 1. The molecule has 1 aromatic heterocycles. The van der Waals surface area contributed by atoms with Gasteiger partial charge in [-0.15, -0.1) is 0 Å². The molecule has 3 aromatic rings. The number of rotatable bonds is 1. The topological polar surface area (TPSA) is 71.9 Å². The molecule has 0 aliphatic heterocycles. The molecule has 5 heteroatoms. The Morgan fingerprint density at radius 3 is 2.53 bits per heavy atom. The van der Waals surface area contributed by atoms with Gasteiger partial charge >= 0.3 is 0 Å². The van der Waals surface area contributed by atoms with Gasteiger partial charge in [0.25, 0.3) is 5.69 Å². The SMILES string of the molecule is Cn1c2ccccc2c(=N)c2ccc([N+](=O)[O-])cc21. The highest BCUT2D eigenvalue weighted by atomic mass is 16.6. The third-order valence-corrected chi connectivity index (χ3v) is 3.36. The van der Waals surface area contributed by atoms with Gasteiger partial charge < -0.3 is 4.57 Å². The fourth-order valence-electron chi connectivity index (χ4n) is 2.37. The lowest BCUT2D eigenvalue weighted by molar-refractivity contribution is -0.384. The van der Waals surface area contributed by atoms with Gasteiger partial charge in [0.2, 0.25) is 0 Å². The Morgan fingerprint density at radius 1 is 1.11 bits per heavy atom. The van der Waals surface area contributed by atoms with Gasteiger partial charge in [0.15, 0.2) is 0 Å². The molecule has 0 amide bonds. The fraction of sp³-hybridized carbons (Fsp3) is 0.0714. The van der Waals surface area contributed by atoms with Crippen molar-refractivity contribution < 1.29 is 4.92 Å². The van der Waals surface area contributed by atoms with Gasteiger partial charge in [0, 0.05) is 30.0 Å². The predicted octanol–water partition coefficient (Wildman–Crippen LogP) is 2.72. The lowest BCUT2D eigenvalue weighted by Crippen LogP contribution is -2.09. The highest BCUT2D eigenvalue weighted by molar-refractivity contribution is 5.93. The third kappa shape index (κ3) is 1.59. The van der Waals surface area contributed by atoms with Crippen molar-refractivity contribution in [2.45, 2.75) is 0 Å². The first kappa shape index (κ1) is 11.4. The van der Waals surface area contributed by atoms with Crippen LogP contribution < -0.4 is 5.36 Å². The molecule has 0 atom stereocenters. The van der Waals surface area contributed by atoms with Gasteiger partial charge in [0.1, 0.15) is 0 Å². The van der Waals surface area contributed by atoms with Crippen molar-refractivity contribution in [3.63, 3.8) is 0 Å². The minimum atomic E-state index is -0.418. The summed E-state index contributed by atoms with van der Waals surface area (Å²) in [6.07, 6.45) is 0. The van der Waals surface area contributed by atoms with Crippen molar-refractivity contribution in [1.29, 1.82) is 5.41 Å². The molecule has 19 heavy (non-hydrogen) atoms. The van der Waals surface area contributed by atoms with Crippen molar-refractivity contribution in [2.75, 3.05) is 0 Å². The number of hydrogen-bond acceptors (Lipinski definition) is 3. The van der Waals surface area contributed by atoms with Crippen LogP contribution in [0.1, 0.15) is 0 Å². The second kappa shape index (κ2) is 3.91. The third-order valence-electron chi connectivity index (χ3n) is 3.36. The van der Waals surface area contributed by atoms with E-state index in [1.165, 1.54) is 12.1 Å². The summed E-state index contributed by atoms with van der Waals surface area (Å²) in [7, 11) is 1.85. The van der Waals surface area contributed by atoms with E-state index in [9.17, 15) is 10.1 Å². The van der Waals surface area contributed by atoms with Gasteiger partial charge in [0.05, 0.1) is 21.3 Å². The quantitative estimate of drug-likeness (QED) is 0.411. The van der Waals surface area contributed by atoms with E-state index in [1.54, 1.807) is 6.07 Å². The molecular formula is C14H11N3O2. The van der Waals surface area contributed by atoms with Gasteiger partial charge in [-0.3, -0.25) is 15.5 Å². The molecule has 3 rings (SSSR count). The van der Waals surface area contributed by atoms with Crippen molar-refractivity contribution in [3.05, 3.63) is 57.9 Å². The largest absolute Gasteiger partial charge is 0.343 e. The average Bonchev–Trinajstić information content (AvgIpc) is 2.44. The van der Waals surface area contributed by atoms with E-state index in [0.29, 0.717) is 16.3 Å². The Hall–Kier alpha value is -2.69. The maximum Gasteiger partial charge on any atom is 0.271 e. The first-order chi connectivity index (χ1) is 9.09. The second-order valence-corrected chi connectivity index (χ2v) is 4.41. The number of aryl methyl sites for hydroxylation is 1. The second-order valence-electron chi connectivity index (χ2n) is 4.41. The summed E-state index contributed by atoms with van der Waals surface area (Å²) in [6.45, 7) is 0. The molecule has 1 N–H and O–H groups in total. The lowest BCUT2D eigenvalue weighted by Gasteiger charge is -2.10. The zero-order valence-electron chi connectivity index (χ0n) is 10.3. The maximum atomic E-state index is 10.9. The molecule has 0 bridgehead atoms. The highest BCUT2D eigenvalue weighted by Crippen LogP contribution is 2.22. The molecule has 5 nitrogen and oxygen atoms in total. The number of fused-ring (bicyclic) bond motifs is 2. The van der Waals surface area contributed by atoms with Crippen LogP contribution in [0.2, 0.25) is 0 Å². The fourth-order valence-corrected chi connectivity index (χ4v) is 2.37. The number of pyridine rings is 1. The molecule has 0 unspecified atom stereocenters. The number of nitro benzene ring substituents is 1. The van der Waals surface area contributed by atoms with Crippen LogP contribution in [0.3, 0.4) is 0 Å². The van der Waals surface area contributed by atoms with Crippen LogP contribution >= 0.6 is 0 Å². The number of non-ortho nitro benzene ring substituents is 1. The van der Waals surface area contributed by atoms with E-state index < -0.39 is 4.92 Å².